The number of alkyl halides is 3. The van der Waals surface area contributed by atoms with Gasteiger partial charge in [0.1, 0.15) is 0 Å². The highest BCUT2D eigenvalue weighted by Crippen LogP contribution is 2.25. The van der Waals surface area contributed by atoms with Crippen LogP contribution in [0.25, 0.3) is 0 Å². The lowest BCUT2D eigenvalue weighted by atomic mass is 10.1. The van der Waals surface area contributed by atoms with Crippen LogP contribution in [-0.4, -0.2) is 24.3 Å². The first-order chi connectivity index (χ1) is 6.43. The molecule has 0 N–H and O–H groups in total. The highest BCUT2D eigenvalue weighted by molar-refractivity contribution is 4.68. The molecule has 14 heavy (non-hydrogen) atoms. The van der Waals surface area contributed by atoms with Crippen LogP contribution in [-0.2, 0) is 0 Å². The lowest BCUT2D eigenvalue weighted by molar-refractivity contribution is -0.250. The molecule has 1 nitrogen and oxygen atoms in total. The number of nitrogens with zero attached hydrogens (tertiary/aromatic N) is 1. The molecule has 0 rings (SSSR count). The van der Waals surface area contributed by atoms with Crippen molar-refractivity contribution in [2.45, 2.75) is 58.3 Å². The molecule has 0 aromatic rings. The lowest BCUT2D eigenvalue weighted by Gasteiger charge is -2.28. The van der Waals surface area contributed by atoms with E-state index in [1.54, 1.807) is 6.92 Å². The Kier molecular flexibility index (Phi) is 6.16. The minimum Gasteiger partial charge on any atom is -0.214 e. The van der Waals surface area contributed by atoms with Crippen LogP contribution in [0.3, 0.4) is 0 Å². The van der Waals surface area contributed by atoms with Gasteiger partial charge in [0.05, 0.1) is 0 Å². The molecule has 0 amide bonds. The van der Waals surface area contributed by atoms with E-state index in [0.29, 0.717) is 17.7 Å². The van der Waals surface area contributed by atoms with Crippen LogP contribution in [0.4, 0.5) is 13.2 Å². The van der Waals surface area contributed by atoms with Gasteiger partial charge in [-0.3, -0.25) is 0 Å². The van der Waals surface area contributed by atoms with Gasteiger partial charge < -0.3 is 0 Å². The van der Waals surface area contributed by atoms with E-state index in [4.69, 9.17) is 0 Å². The second-order valence-electron chi connectivity index (χ2n) is 3.64. The maximum atomic E-state index is 12.3. The van der Waals surface area contributed by atoms with Crippen molar-refractivity contribution in [3.05, 3.63) is 0 Å². The summed E-state index contributed by atoms with van der Waals surface area (Å²) in [5.41, 5.74) is 0. The van der Waals surface area contributed by atoms with Crippen LogP contribution < -0.4 is 0 Å². The molecule has 0 bridgehead atoms. The van der Waals surface area contributed by atoms with Gasteiger partial charge in [-0.2, -0.15) is 13.2 Å². The van der Waals surface area contributed by atoms with Gasteiger partial charge in [-0.15, -0.1) is 0 Å². The summed E-state index contributed by atoms with van der Waals surface area (Å²) in [4.78, 5) is 0.530. The minimum absolute atomic E-state index is 0.360. The van der Waals surface area contributed by atoms with Crippen molar-refractivity contribution < 1.29 is 13.2 Å². The lowest BCUT2D eigenvalue weighted by Crippen LogP contribution is -2.42. The summed E-state index contributed by atoms with van der Waals surface area (Å²) in [7, 11) is 1.14. The third-order valence-electron chi connectivity index (χ3n) is 2.56. The zero-order valence-electron chi connectivity index (χ0n) is 9.19. The van der Waals surface area contributed by atoms with Gasteiger partial charge in [-0.1, -0.05) is 33.1 Å². The molecule has 0 aliphatic carbocycles. The minimum atomic E-state index is -4.19. The Balaban J connectivity index is 3.99. The Morgan fingerprint density at radius 3 is 2.07 bits per heavy atom. The monoisotopic (exact) mass is 211 g/mol. The van der Waals surface area contributed by atoms with E-state index in [1.807, 2.05) is 0 Å². The van der Waals surface area contributed by atoms with Crippen LogP contribution in [0.2, 0.25) is 0 Å². The quantitative estimate of drug-likeness (QED) is 0.477. The zero-order valence-corrected chi connectivity index (χ0v) is 9.19. The van der Waals surface area contributed by atoms with Crippen LogP contribution in [0.5, 0.6) is 0 Å². The van der Waals surface area contributed by atoms with Crippen molar-refractivity contribution >= 4 is 0 Å². The first kappa shape index (κ1) is 13.8. The average molecular weight is 211 g/mol. The van der Waals surface area contributed by atoms with Crippen molar-refractivity contribution in [3.8, 4) is 0 Å². The molecule has 0 aliphatic rings. The molecule has 0 radical (unpaired) electrons. The average Bonchev–Trinajstić information content (AvgIpc) is 2.10. The predicted molar refractivity (Wildman–Crippen MR) is 52.0 cm³/mol. The number of hydrogen-bond donors (Lipinski definition) is 0. The van der Waals surface area contributed by atoms with Gasteiger partial charge in [0.2, 0.25) is 0 Å². The van der Waals surface area contributed by atoms with Crippen molar-refractivity contribution in [3.63, 3.8) is 0 Å². The van der Waals surface area contributed by atoms with Gasteiger partial charge in [0.25, 0.3) is 0 Å². The Bertz CT molecular complexity index is 145. The van der Waals surface area contributed by atoms with Crippen molar-refractivity contribution in [2.24, 2.45) is 0 Å². The predicted octanol–water partition coefficient (Wildman–Crippen LogP) is 3.80. The first-order valence-electron chi connectivity index (χ1n) is 5.23. The Morgan fingerprint density at radius 1 is 1.14 bits per heavy atom. The molecule has 0 aliphatic heterocycles. The maximum Gasteiger partial charge on any atom is 0.459 e. The second-order valence-corrected chi connectivity index (χ2v) is 3.64. The van der Waals surface area contributed by atoms with E-state index in [0.717, 1.165) is 26.3 Å². The summed E-state index contributed by atoms with van der Waals surface area (Å²) < 4.78 is 37.0. The third kappa shape index (κ3) is 4.84. The summed E-state index contributed by atoms with van der Waals surface area (Å²) in [6.07, 6.45) is -0.0449. The molecule has 1 atom stereocenters. The standard InChI is InChI=1S/C10H20F3N/c1-4-6-7-8-9(5-2)14(3)10(11,12)13/h9H,4-8H2,1-3H3. The van der Waals surface area contributed by atoms with Gasteiger partial charge >= 0.3 is 6.30 Å². The molecule has 1 unspecified atom stereocenters. The number of unbranched alkanes of at least 4 members (excludes halogenated alkanes) is 2. The summed E-state index contributed by atoms with van der Waals surface area (Å²) in [6, 6.07) is -0.360. The summed E-state index contributed by atoms with van der Waals surface area (Å²) >= 11 is 0. The molecule has 0 saturated heterocycles. The summed E-state index contributed by atoms with van der Waals surface area (Å²) in [5.74, 6) is 0. The molecule has 4 heteroatoms. The molecular weight excluding hydrogens is 191 g/mol. The van der Waals surface area contributed by atoms with Crippen molar-refractivity contribution in [1.29, 1.82) is 0 Å². The normalized spacial score (nSPS) is 14.8. The zero-order chi connectivity index (χ0) is 11.2. The molecular formula is C10H20F3N. The van der Waals surface area contributed by atoms with E-state index in [9.17, 15) is 13.2 Å². The van der Waals surface area contributed by atoms with Gasteiger partial charge in [-0.25, -0.2) is 4.90 Å². The van der Waals surface area contributed by atoms with Gasteiger partial charge in [0.15, 0.2) is 0 Å². The van der Waals surface area contributed by atoms with Crippen LogP contribution in [0.1, 0.15) is 46.0 Å². The third-order valence-corrected chi connectivity index (χ3v) is 2.56. The van der Waals surface area contributed by atoms with Gasteiger partial charge in [-0.05, 0) is 19.9 Å². The molecule has 0 aromatic heterocycles. The molecule has 0 saturated carbocycles. The second kappa shape index (κ2) is 6.27. The van der Waals surface area contributed by atoms with E-state index in [2.05, 4.69) is 6.92 Å². The smallest absolute Gasteiger partial charge is 0.214 e. The van der Waals surface area contributed by atoms with E-state index in [1.165, 1.54) is 0 Å². The van der Waals surface area contributed by atoms with Gasteiger partial charge in [0, 0.05) is 6.04 Å². The fourth-order valence-corrected chi connectivity index (χ4v) is 1.51. The highest BCUT2D eigenvalue weighted by atomic mass is 19.4. The molecule has 86 valence electrons. The SMILES string of the molecule is CCCCCC(CC)N(C)C(F)(F)F. The molecule has 0 aromatic carbocycles. The fraction of sp³-hybridized carbons (Fsp3) is 1.00. The van der Waals surface area contributed by atoms with Crippen LogP contribution in [0.15, 0.2) is 0 Å². The largest absolute Gasteiger partial charge is 0.459 e. The van der Waals surface area contributed by atoms with Crippen LogP contribution in [0, 0.1) is 0 Å². The first-order valence-corrected chi connectivity index (χ1v) is 5.23. The number of hydrogen-bond acceptors (Lipinski definition) is 1. The summed E-state index contributed by atoms with van der Waals surface area (Å²) in [5, 5.41) is 0. The highest BCUT2D eigenvalue weighted by Gasteiger charge is 2.37. The fourth-order valence-electron chi connectivity index (χ4n) is 1.51. The molecule has 0 heterocycles. The van der Waals surface area contributed by atoms with Crippen molar-refractivity contribution in [1.82, 2.24) is 4.90 Å². The van der Waals surface area contributed by atoms with E-state index < -0.39 is 6.30 Å². The Labute approximate surface area is 84.3 Å². The van der Waals surface area contributed by atoms with Crippen LogP contribution >= 0.6 is 0 Å². The number of halogens is 3. The number of rotatable bonds is 6. The Morgan fingerprint density at radius 2 is 1.71 bits per heavy atom. The van der Waals surface area contributed by atoms with E-state index in [-0.39, 0.29) is 6.04 Å². The Hall–Kier alpha value is -0.250. The van der Waals surface area contributed by atoms with E-state index >= 15 is 0 Å². The van der Waals surface area contributed by atoms with Crippen molar-refractivity contribution in [2.75, 3.05) is 7.05 Å². The molecule has 0 spiro atoms. The topological polar surface area (TPSA) is 3.24 Å². The molecule has 0 fully saturated rings. The summed E-state index contributed by atoms with van der Waals surface area (Å²) in [6.45, 7) is 3.85. The maximum absolute atomic E-state index is 12.3.